The second-order valence-corrected chi connectivity index (χ2v) is 6.14. The van der Waals surface area contributed by atoms with Crippen molar-refractivity contribution >= 4 is 23.2 Å². The predicted molar refractivity (Wildman–Crippen MR) is 96.2 cm³/mol. The first-order valence-corrected chi connectivity index (χ1v) is 8.69. The van der Waals surface area contributed by atoms with E-state index in [-0.39, 0.29) is 18.0 Å². The van der Waals surface area contributed by atoms with Crippen molar-refractivity contribution in [1.82, 2.24) is 10.3 Å². The van der Waals surface area contributed by atoms with Gasteiger partial charge in [-0.3, -0.25) is 9.78 Å². The molecule has 30 heavy (non-hydrogen) atoms. The molecule has 0 saturated heterocycles. The Bertz CT molecular complexity index is 944. The van der Waals surface area contributed by atoms with Crippen LogP contribution in [-0.4, -0.2) is 29.8 Å². The van der Waals surface area contributed by atoms with Gasteiger partial charge in [-0.2, -0.15) is 26.3 Å². The number of carbonyl (C=O) groups excluding carboxylic acids is 1. The smallest absolute Gasteiger partial charge is 0.396 e. The van der Waals surface area contributed by atoms with E-state index in [1.54, 1.807) is 6.92 Å². The molecule has 1 aromatic heterocycles. The number of rotatable bonds is 6. The van der Waals surface area contributed by atoms with Crippen molar-refractivity contribution < 1.29 is 36.0 Å². The summed E-state index contributed by atoms with van der Waals surface area (Å²) >= 11 is 5.87. The standard InChI is InChI=1S/C18H14ClF6N3O2/c1-2-30-28-14(15-13(19)7-10(8-26-15)17(20,21)22)9-27-16(29)11-5-3-4-6-12(11)18(23,24)25/h3-8H,2,9H2,1H3,(H,27,29)/b28-14-. The van der Waals surface area contributed by atoms with Gasteiger partial charge in [0.2, 0.25) is 0 Å². The summed E-state index contributed by atoms with van der Waals surface area (Å²) in [6.45, 7) is 1.15. The fourth-order valence-electron chi connectivity index (χ4n) is 2.29. The van der Waals surface area contributed by atoms with Crippen molar-refractivity contribution in [1.29, 1.82) is 0 Å². The maximum Gasteiger partial charge on any atom is 0.417 e. The first-order chi connectivity index (χ1) is 13.9. The average Bonchev–Trinajstić information content (AvgIpc) is 2.67. The molecule has 1 amide bonds. The molecule has 12 heteroatoms. The molecule has 0 unspecified atom stereocenters. The molecule has 0 saturated carbocycles. The van der Waals surface area contributed by atoms with E-state index in [1.165, 1.54) is 6.07 Å². The molecule has 0 bridgehead atoms. The molecule has 0 spiro atoms. The predicted octanol–water partition coefficient (Wildman–Crippen LogP) is 4.94. The number of hydrogen-bond acceptors (Lipinski definition) is 4. The zero-order chi connectivity index (χ0) is 22.5. The minimum Gasteiger partial charge on any atom is -0.396 e. The van der Waals surface area contributed by atoms with Gasteiger partial charge in [-0.05, 0) is 25.1 Å². The zero-order valence-electron chi connectivity index (χ0n) is 15.2. The topological polar surface area (TPSA) is 63.6 Å². The highest BCUT2D eigenvalue weighted by Crippen LogP contribution is 2.32. The summed E-state index contributed by atoms with van der Waals surface area (Å²) in [5.74, 6) is -1.07. The van der Waals surface area contributed by atoms with Gasteiger partial charge in [-0.25, -0.2) is 0 Å². The van der Waals surface area contributed by atoms with Crippen LogP contribution in [0.2, 0.25) is 5.02 Å². The molecule has 1 aromatic carbocycles. The molecular weight excluding hydrogens is 440 g/mol. The molecular formula is C18H14ClF6N3O2. The third kappa shape index (κ3) is 5.85. The second-order valence-electron chi connectivity index (χ2n) is 5.73. The number of carbonyl (C=O) groups is 1. The van der Waals surface area contributed by atoms with E-state index in [2.05, 4.69) is 15.5 Å². The minimum atomic E-state index is -4.76. The van der Waals surface area contributed by atoms with Crippen molar-refractivity contribution in [2.45, 2.75) is 19.3 Å². The van der Waals surface area contributed by atoms with E-state index in [9.17, 15) is 31.1 Å². The van der Waals surface area contributed by atoms with E-state index in [4.69, 9.17) is 16.4 Å². The SMILES string of the molecule is CCO/N=C(/CNC(=O)c1ccccc1C(F)(F)F)c1ncc(C(F)(F)F)cc1Cl. The van der Waals surface area contributed by atoms with Gasteiger partial charge in [-0.15, -0.1) is 0 Å². The van der Waals surface area contributed by atoms with Gasteiger partial charge in [0.15, 0.2) is 0 Å². The van der Waals surface area contributed by atoms with E-state index in [0.717, 1.165) is 18.2 Å². The molecule has 0 fully saturated rings. The molecule has 0 aliphatic heterocycles. The Hall–Kier alpha value is -2.82. The van der Waals surface area contributed by atoms with Crippen LogP contribution < -0.4 is 5.32 Å². The monoisotopic (exact) mass is 453 g/mol. The lowest BCUT2D eigenvalue weighted by molar-refractivity contribution is -0.138. The molecule has 0 radical (unpaired) electrons. The number of benzene rings is 1. The van der Waals surface area contributed by atoms with Gasteiger partial charge < -0.3 is 10.2 Å². The fraction of sp³-hybridized carbons (Fsp3) is 0.278. The quantitative estimate of drug-likeness (QED) is 0.383. The maximum atomic E-state index is 13.1. The normalized spacial score (nSPS) is 12.6. The third-order valence-electron chi connectivity index (χ3n) is 3.64. The molecule has 0 aliphatic rings. The zero-order valence-corrected chi connectivity index (χ0v) is 16.0. The van der Waals surface area contributed by atoms with Crippen LogP contribution in [-0.2, 0) is 17.2 Å². The number of amides is 1. The molecule has 2 aromatic rings. The number of alkyl halides is 6. The highest BCUT2D eigenvalue weighted by atomic mass is 35.5. The number of hydrogen-bond donors (Lipinski definition) is 1. The van der Waals surface area contributed by atoms with Gasteiger partial charge in [0.25, 0.3) is 5.91 Å². The van der Waals surface area contributed by atoms with E-state index in [1.807, 2.05) is 0 Å². The summed E-state index contributed by atoms with van der Waals surface area (Å²) in [5, 5.41) is 5.45. The Morgan fingerprint density at radius 1 is 1.17 bits per heavy atom. The first kappa shape index (κ1) is 23.5. The minimum absolute atomic E-state index is 0.0760. The number of nitrogens with zero attached hydrogens (tertiary/aromatic N) is 2. The molecule has 162 valence electrons. The Morgan fingerprint density at radius 3 is 2.40 bits per heavy atom. The van der Waals surface area contributed by atoms with E-state index in [0.29, 0.717) is 12.3 Å². The lowest BCUT2D eigenvalue weighted by atomic mass is 10.1. The first-order valence-electron chi connectivity index (χ1n) is 8.31. The van der Waals surface area contributed by atoms with Crippen molar-refractivity contribution in [3.63, 3.8) is 0 Å². The number of pyridine rings is 1. The van der Waals surface area contributed by atoms with Gasteiger partial charge >= 0.3 is 12.4 Å². The molecule has 0 atom stereocenters. The molecule has 5 nitrogen and oxygen atoms in total. The van der Waals surface area contributed by atoms with Crippen molar-refractivity contribution in [3.05, 3.63) is 63.9 Å². The Morgan fingerprint density at radius 2 is 1.83 bits per heavy atom. The summed E-state index contributed by atoms with van der Waals surface area (Å²) in [6.07, 6.45) is -8.92. The van der Waals surface area contributed by atoms with Crippen LogP contribution >= 0.6 is 11.6 Å². The maximum absolute atomic E-state index is 13.1. The molecule has 1 heterocycles. The van der Waals surface area contributed by atoms with Crippen LogP contribution in [0.15, 0.2) is 41.7 Å². The van der Waals surface area contributed by atoms with Crippen LogP contribution in [0.25, 0.3) is 0 Å². The lowest BCUT2D eigenvalue weighted by Crippen LogP contribution is -2.32. The highest BCUT2D eigenvalue weighted by Gasteiger charge is 2.35. The Kier molecular flexibility index (Phi) is 7.30. The summed E-state index contributed by atoms with van der Waals surface area (Å²) in [6, 6.07) is 4.74. The van der Waals surface area contributed by atoms with Gasteiger partial charge in [-0.1, -0.05) is 28.9 Å². The Labute approximate surface area is 171 Å². The number of nitrogens with one attached hydrogen (secondary N) is 1. The number of aromatic nitrogens is 1. The number of halogens is 7. The molecule has 2 rings (SSSR count). The van der Waals surface area contributed by atoms with Gasteiger partial charge in [0.05, 0.1) is 28.3 Å². The van der Waals surface area contributed by atoms with Crippen molar-refractivity contribution in [2.24, 2.45) is 5.16 Å². The van der Waals surface area contributed by atoms with Crippen LogP contribution in [0.4, 0.5) is 26.3 Å². The van der Waals surface area contributed by atoms with Crippen LogP contribution in [0.3, 0.4) is 0 Å². The van der Waals surface area contributed by atoms with E-state index < -0.39 is 46.5 Å². The summed E-state index contributed by atoms with van der Waals surface area (Å²) < 4.78 is 77.6. The van der Waals surface area contributed by atoms with Crippen molar-refractivity contribution in [2.75, 3.05) is 13.2 Å². The van der Waals surface area contributed by atoms with Crippen LogP contribution in [0.5, 0.6) is 0 Å². The largest absolute Gasteiger partial charge is 0.417 e. The summed E-state index contributed by atoms with van der Waals surface area (Å²) in [7, 11) is 0. The third-order valence-corrected chi connectivity index (χ3v) is 3.93. The summed E-state index contributed by atoms with van der Waals surface area (Å²) in [4.78, 5) is 20.7. The average molecular weight is 454 g/mol. The second kappa shape index (κ2) is 9.33. The molecule has 0 aliphatic carbocycles. The number of oxime groups is 1. The van der Waals surface area contributed by atoms with Crippen LogP contribution in [0, 0.1) is 0 Å². The van der Waals surface area contributed by atoms with Gasteiger partial charge in [0.1, 0.15) is 18.0 Å². The fourth-order valence-corrected chi connectivity index (χ4v) is 2.57. The Balaban J connectivity index is 2.29. The molecule has 1 N–H and O–H groups in total. The summed E-state index contributed by atoms with van der Waals surface area (Å²) in [5.41, 5.74) is -3.27. The van der Waals surface area contributed by atoms with E-state index >= 15 is 0 Å². The van der Waals surface area contributed by atoms with Gasteiger partial charge in [0, 0.05) is 6.20 Å². The van der Waals surface area contributed by atoms with Crippen molar-refractivity contribution in [3.8, 4) is 0 Å². The highest BCUT2D eigenvalue weighted by molar-refractivity contribution is 6.34. The lowest BCUT2D eigenvalue weighted by Gasteiger charge is -2.14. The van der Waals surface area contributed by atoms with Crippen LogP contribution in [0.1, 0.15) is 34.1 Å².